The molecule has 0 saturated carbocycles. The SMILES string of the molecule is CC.CC.N=C(O/C(N)=N/C1N=C(c2ccccc2)c2ccccc2NC1=O)c1nc(-c2ccccn2)sc1N1CCOCC1. The van der Waals surface area contributed by atoms with Gasteiger partial charge in [0.25, 0.3) is 11.9 Å². The number of nitrogens with two attached hydrogens (primary N) is 1. The van der Waals surface area contributed by atoms with E-state index in [1.54, 1.807) is 6.20 Å². The molecule has 2 aliphatic heterocycles. The molecule has 4 aromatic rings. The van der Waals surface area contributed by atoms with E-state index < -0.39 is 12.1 Å². The molecule has 2 aliphatic rings. The molecule has 1 unspecified atom stereocenters. The normalized spacial score (nSPS) is 16.0. The van der Waals surface area contributed by atoms with Crippen LogP contribution in [0.15, 0.2) is 89.0 Å². The molecule has 0 aliphatic carbocycles. The van der Waals surface area contributed by atoms with E-state index >= 15 is 0 Å². The number of pyridine rings is 1. The average molecular weight is 627 g/mol. The van der Waals surface area contributed by atoms with E-state index in [0.717, 1.165) is 16.1 Å². The fourth-order valence-electron chi connectivity index (χ4n) is 4.50. The number of rotatable bonds is 5. The van der Waals surface area contributed by atoms with Crippen molar-refractivity contribution in [2.45, 2.75) is 33.9 Å². The predicted molar refractivity (Wildman–Crippen MR) is 182 cm³/mol. The fourth-order valence-corrected chi connectivity index (χ4v) is 5.59. The summed E-state index contributed by atoms with van der Waals surface area (Å²) in [6, 6.07) is 22.1. The summed E-state index contributed by atoms with van der Waals surface area (Å²) in [4.78, 5) is 33.2. The van der Waals surface area contributed by atoms with Crippen LogP contribution in [0.3, 0.4) is 0 Å². The lowest BCUT2D eigenvalue weighted by atomic mass is 10.0. The van der Waals surface area contributed by atoms with Crippen LogP contribution in [-0.4, -0.2) is 66.0 Å². The second-order valence-corrected chi connectivity index (χ2v) is 10.1. The summed E-state index contributed by atoms with van der Waals surface area (Å²) < 4.78 is 11.2. The van der Waals surface area contributed by atoms with E-state index in [9.17, 15) is 4.79 Å². The molecular formula is C33H38N8O3S. The van der Waals surface area contributed by atoms with Crippen molar-refractivity contribution in [1.82, 2.24) is 9.97 Å². The number of hydrogen-bond acceptors (Lipinski definition) is 10. The van der Waals surface area contributed by atoms with Crippen molar-refractivity contribution in [1.29, 1.82) is 5.41 Å². The number of fused-ring (bicyclic) bond motifs is 1. The number of benzene rings is 2. The monoisotopic (exact) mass is 626 g/mol. The summed E-state index contributed by atoms with van der Waals surface area (Å²) in [6.07, 6.45) is 0.459. The zero-order valence-electron chi connectivity index (χ0n) is 25.9. The standard InChI is InChI=1S/C29H26N8O3S.2C2H6/c30-24(23-28(37-14-16-39-17-15-37)41-27(35-23)21-12-6-7-13-32-21)40-29(31)36-25-26(38)33-20-11-5-4-10-19(20)22(34-25)18-8-2-1-3-9-18;2*1-2/h1-13,25,30H,14-17H2,(H2,31,36)(H,33,38);2*1-2H3. The van der Waals surface area contributed by atoms with E-state index in [1.807, 2.05) is 100 Å². The van der Waals surface area contributed by atoms with E-state index in [0.29, 0.717) is 54.1 Å². The highest BCUT2D eigenvalue weighted by Crippen LogP contribution is 2.35. The van der Waals surface area contributed by atoms with Crippen molar-refractivity contribution in [3.63, 3.8) is 0 Å². The second-order valence-electron chi connectivity index (χ2n) is 9.14. The van der Waals surface area contributed by atoms with Crippen LogP contribution in [0.4, 0.5) is 10.7 Å². The molecule has 0 radical (unpaired) electrons. The summed E-state index contributed by atoms with van der Waals surface area (Å²) in [6.45, 7) is 10.4. The lowest BCUT2D eigenvalue weighted by Gasteiger charge is -2.27. The molecule has 2 aromatic heterocycles. The number of nitrogens with zero attached hydrogens (tertiary/aromatic N) is 5. The zero-order chi connectivity index (χ0) is 32.2. The number of amides is 1. The Bertz CT molecular complexity index is 1630. The highest BCUT2D eigenvalue weighted by Gasteiger charge is 2.28. The Morgan fingerprint density at radius 3 is 2.42 bits per heavy atom. The van der Waals surface area contributed by atoms with Crippen LogP contribution < -0.4 is 16.0 Å². The Morgan fingerprint density at radius 2 is 1.71 bits per heavy atom. The Morgan fingerprint density at radius 1 is 1.02 bits per heavy atom. The molecule has 0 bridgehead atoms. The number of benzodiazepines with no additional fused rings is 1. The first-order valence-corrected chi connectivity index (χ1v) is 15.8. The Balaban J connectivity index is 0.00000111. The van der Waals surface area contributed by atoms with Gasteiger partial charge in [0.05, 0.1) is 30.3 Å². The molecule has 12 heteroatoms. The molecule has 4 heterocycles. The van der Waals surface area contributed by atoms with Crippen LogP contribution in [0.5, 0.6) is 0 Å². The molecule has 0 spiro atoms. The number of thiazole rings is 1. The van der Waals surface area contributed by atoms with Gasteiger partial charge in [-0.25, -0.2) is 9.98 Å². The number of hydrogen-bond donors (Lipinski definition) is 3. The van der Waals surface area contributed by atoms with Gasteiger partial charge >= 0.3 is 0 Å². The molecule has 11 nitrogen and oxygen atoms in total. The molecule has 4 N–H and O–H groups in total. The van der Waals surface area contributed by atoms with Gasteiger partial charge in [-0.2, -0.15) is 4.99 Å². The first kappa shape index (κ1) is 33.0. The van der Waals surface area contributed by atoms with E-state index in [4.69, 9.17) is 20.6 Å². The number of aliphatic imine (C=N–C) groups is 2. The molecule has 1 saturated heterocycles. The molecular weight excluding hydrogens is 588 g/mol. The maximum atomic E-state index is 13.1. The van der Waals surface area contributed by atoms with Crippen LogP contribution >= 0.6 is 11.3 Å². The van der Waals surface area contributed by atoms with Crippen molar-refractivity contribution < 1.29 is 14.3 Å². The van der Waals surface area contributed by atoms with Crippen LogP contribution in [0.2, 0.25) is 0 Å². The Hall–Kier alpha value is -4.94. The quantitative estimate of drug-likeness (QED) is 0.194. The zero-order valence-corrected chi connectivity index (χ0v) is 26.7. The molecule has 1 fully saturated rings. The van der Waals surface area contributed by atoms with Crippen molar-refractivity contribution in [3.05, 3.63) is 95.8 Å². The third-order valence-corrected chi connectivity index (χ3v) is 7.57. The predicted octanol–water partition coefficient (Wildman–Crippen LogP) is 5.57. The van der Waals surface area contributed by atoms with Gasteiger partial charge in [0.15, 0.2) is 5.69 Å². The van der Waals surface area contributed by atoms with Gasteiger partial charge in [-0.15, -0.1) is 0 Å². The highest BCUT2D eigenvalue weighted by molar-refractivity contribution is 7.19. The minimum atomic E-state index is -1.23. The number of aromatic nitrogens is 2. The smallest absolute Gasteiger partial charge is 0.291 e. The maximum Gasteiger partial charge on any atom is 0.291 e. The number of morpholine rings is 1. The first-order chi connectivity index (χ1) is 22.1. The van der Waals surface area contributed by atoms with Crippen LogP contribution in [0, 0.1) is 5.41 Å². The second kappa shape index (κ2) is 16.2. The van der Waals surface area contributed by atoms with Crippen molar-refractivity contribution in [2.24, 2.45) is 15.7 Å². The molecule has 6 rings (SSSR count). The minimum absolute atomic E-state index is 0.296. The molecule has 1 amide bonds. The molecule has 2 aromatic carbocycles. The third-order valence-electron chi connectivity index (χ3n) is 6.44. The number of carbonyl (C=O) groups is 1. The highest BCUT2D eigenvalue weighted by atomic mass is 32.1. The number of para-hydroxylation sites is 1. The number of nitrogens with one attached hydrogen (secondary N) is 2. The molecule has 234 valence electrons. The lowest BCUT2D eigenvalue weighted by molar-refractivity contribution is -0.117. The van der Waals surface area contributed by atoms with Gasteiger partial charge < -0.3 is 25.4 Å². The lowest BCUT2D eigenvalue weighted by Crippen LogP contribution is -2.37. The summed E-state index contributed by atoms with van der Waals surface area (Å²) in [5, 5.41) is 13.0. The number of anilines is 2. The minimum Gasteiger partial charge on any atom is -0.405 e. The van der Waals surface area contributed by atoms with Gasteiger partial charge in [0, 0.05) is 30.4 Å². The summed E-state index contributed by atoms with van der Waals surface area (Å²) in [5.74, 6) is -0.766. The van der Waals surface area contributed by atoms with Gasteiger partial charge in [-0.3, -0.25) is 15.2 Å². The average Bonchev–Trinajstić information content (AvgIpc) is 3.50. The van der Waals surface area contributed by atoms with Crippen LogP contribution in [0.25, 0.3) is 10.7 Å². The maximum absolute atomic E-state index is 13.1. The van der Waals surface area contributed by atoms with Gasteiger partial charge in [-0.1, -0.05) is 93.6 Å². The van der Waals surface area contributed by atoms with Crippen molar-refractivity contribution in [2.75, 3.05) is 36.5 Å². The topological polar surface area (TPSA) is 151 Å². The summed E-state index contributed by atoms with van der Waals surface area (Å²) in [5.41, 5.74) is 9.94. The van der Waals surface area contributed by atoms with Crippen molar-refractivity contribution in [3.8, 4) is 10.7 Å². The largest absolute Gasteiger partial charge is 0.405 e. The Kier molecular flexibility index (Phi) is 11.9. The van der Waals surface area contributed by atoms with E-state index in [2.05, 4.69) is 30.2 Å². The molecule has 1 atom stereocenters. The van der Waals surface area contributed by atoms with Gasteiger partial charge in [-0.05, 0) is 18.2 Å². The van der Waals surface area contributed by atoms with Gasteiger partial charge in [0.2, 0.25) is 12.1 Å². The van der Waals surface area contributed by atoms with E-state index in [1.165, 1.54) is 11.3 Å². The molecule has 45 heavy (non-hydrogen) atoms. The van der Waals surface area contributed by atoms with Crippen molar-refractivity contribution >= 4 is 45.6 Å². The summed E-state index contributed by atoms with van der Waals surface area (Å²) in [7, 11) is 0. The van der Waals surface area contributed by atoms with Crippen LogP contribution in [0.1, 0.15) is 44.5 Å². The number of ether oxygens (including phenoxy) is 2. The third kappa shape index (κ3) is 7.97. The Labute approximate surface area is 267 Å². The van der Waals surface area contributed by atoms with Crippen LogP contribution in [-0.2, 0) is 14.3 Å². The van der Waals surface area contributed by atoms with E-state index in [-0.39, 0.29) is 11.9 Å². The summed E-state index contributed by atoms with van der Waals surface area (Å²) >= 11 is 1.41. The fraction of sp³-hybridized carbons (Fsp3) is 0.273. The number of amidine groups is 1. The first-order valence-electron chi connectivity index (χ1n) is 15.0. The van der Waals surface area contributed by atoms with Gasteiger partial charge in [0.1, 0.15) is 10.0 Å². The number of carbonyl (C=O) groups excluding carboxylic acids is 1.